The summed E-state index contributed by atoms with van der Waals surface area (Å²) in [5, 5.41) is 12.7. The molecule has 40 heavy (non-hydrogen) atoms. The number of carbonyl (C=O) groups excluding carboxylic acids is 1. The van der Waals surface area contributed by atoms with Crippen molar-refractivity contribution in [3.05, 3.63) is 113 Å². The summed E-state index contributed by atoms with van der Waals surface area (Å²) in [4.78, 5) is 34.4. The molecular formula is C31H25N7O2. The zero-order chi connectivity index (χ0) is 27.1. The number of anilines is 1. The second kappa shape index (κ2) is 9.46. The van der Waals surface area contributed by atoms with E-state index in [1.54, 1.807) is 28.9 Å². The van der Waals surface area contributed by atoms with Crippen molar-refractivity contribution in [2.75, 3.05) is 5.32 Å². The van der Waals surface area contributed by atoms with Crippen molar-refractivity contribution in [2.24, 2.45) is 0 Å². The van der Waals surface area contributed by atoms with Gasteiger partial charge in [-0.2, -0.15) is 5.10 Å². The highest BCUT2D eigenvalue weighted by Crippen LogP contribution is 2.42. The number of fused-ring (bicyclic) bond motifs is 3. The van der Waals surface area contributed by atoms with Crippen LogP contribution in [0.2, 0.25) is 0 Å². The molecule has 3 N–H and O–H groups in total. The number of nitrogens with one attached hydrogen (secondary N) is 3. The Morgan fingerprint density at radius 3 is 2.48 bits per heavy atom. The Kier molecular flexibility index (Phi) is 5.62. The van der Waals surface area contributed by atoms with Gasteiger partial charge in [0.25, 0.3) is 0 Å². The van der Waals surface area contributed by atoms with Crippen LogP contribution in [-0.4, -0.2) is 30.6 Å². The van der Waals surface area contributed by atoms with E-state index < -0.39 is 5.54 Å². The van der Waals surface area contributed by atoms with Crippen molar-refractivity contribution in [3.63, 3.8) is 0 Å². The lowest BCUT2D eigenvalue weighted by molar-refractivity contribution is 0.185. The molecule has 0 aliphatic heterocycles. The van der Waals surface area contributed by atoms with Crippen molar-refractivity contribution in [1.29, 1.82) is 0 Å². The van der Waals surface area contributed by atoms with Gasteiger partial charge in [0.05, 0.1) is 34.2 Å². The molecule has 1 aliphatic carbocycles. The fraction of sp³-hybridized carbons (Fsp3) is 0.129. The maximum Gasteiger partial charge on any atom is 0.348 e. The first-order valence-corrected chi connectivity index (χ1v) is 13.2. The van der Waals surface area contributed by atoms with Gasteiger partial charge in [-0.3, -0.25) is 4.98 Å². The van der Waals surface area contributed by atoms with Crippen molar-refractivity contribution >= 4 is 28.4 Å². The number of aromatic nitrogens is 5. The van der Waals surface area contributed by atoms with Crippen LogP contribution in [0.4, 0.5) is 10.5 Å². The fourth-order valence-electron chi connectivity index (χ4n) is 5.46. The Balaban J connectivity index is 1.27. The molecule has 0 spiro atoms. The zero-order valence-electron chi connectivity index (χ0n) is 21.5. The molecule has 4 heterocycles. The van der Waals surface area contributed by atoms with Crippen LogP contribution in [0.3, 0.4) is 0 Å². The van der Waals surface area contributed by atoms with E-state index in [1.807, 2.05) is 48.5 Å². The smallest absolute Gasteiger partial charge is 0.328 e. The van der Waals surface area contributed by atoms with E-state index in [0.717, 1.165) is 47.2 Å². The van der Waals surface area contributed by atoms with Crippen molar-refractivity contribution in [2.45, 2.75) is 24.8 Å². The molecule has 0 bridgehead atoms. The van der Waals surface area contributed by atoms with Gasteiger partial charge in [0.1, 0.15) is 0 Å². The first-order chi connectivity index (χ1) is 19.6. The van der Waals surface area contributed by atoms with E-state index in [-0.39, 0.29) is 11.7 Å². The molecule has 7 rings (SSSR count). The summed E-state index contributed by atoms with van der Waals surface area (Å²) in [6, 6.07) is 27.3. The first-order valence-electron chi connectivity index (χ1n) is 13.2. The van der Waals surface area contributed by atoms with Gasteiger partial charge in [-0.05, 0) is 60.7 Å². The number of rotatable bonds is 5. The maximum absolute atomic E-state index is 12.8. The topological polar surface area (TPSA) is 117 Å². The SMILES string of the molecule is O=C(Nc1cccnc1)NC1(c2ccc(-c3nc4ccc5n[nH]c(=O)n5c4cc3-c3ccccc3)cc2)CCC1. The summed E-state index contributed by atoms with van der Waals surface area (Å²) in [6.07, 6.45) is 6.07. The Bertz CT molecular complexity index is 1910. The number of benzene rings is 2. The predicted octanol–water partition coefficient (Wildman–Crippen LogP) is 5.50. The summed E-state index contributed by atoms with van der Waals surface area (Å²) in [7, 11) is 0. The second-order valence-electron chi connectivity index (χ2n) is 10.0. The van der Waals surface area contributed by atoms with Crippen LogP contribution >= 0.6 is 0 Å². The van der Waals surface area contributed by atoms with E-state index in [4.69, 9.17) is 4.98 Å². The van der Waals surface area contributed by atoms with Crippen LogP contribution in [0, 0.1) is 0 Å². The van der Waals surface area contributed by atoms with Gasteiger partial charge >= 0.3 is 11.7 Å². The quantitative estimate of drug-likeness (QED) is 0.274. The van der Waals surface area contributed by atoms with E-state index in [0.29, 0.717) is 22.4 Å². The van der Waals surface area contributed by atoms with Crippen LogP contribution in [0.25, 0.3) is 39.1 Å². The maximum atomic E-state index is 12.8. The molecule has 2 aromatic carbocycles. The molecule has 6 aromatic rings. The summed E-state index contributed by atoms with van der Waals surface area (Å²) < 4.78 is 1.55. The number of aromatic amines is 1. The lowest BCUT2D eigenvalue weighted by atomic mass is 9.71. The molecule has 2 amide bonds. The minimum absolute atomic E-state index is 0.250. The van der Waals surface area contributed by atoms with Gasteiger partial charge in [0.15, 0.2) is 5.65 Å². The van der Waals surface area contributed by atoms with Gasteiger partial charge in [0.2, 0.25) is 0 Å². The van der Waals surface area contributed by atoms with Crippen LogP contribution in [0.15, 0.2) is 102 Å². The van der Waals surface area contributed by atoms with Gasteiger partial charge < -0.3 is 10.6 Å². The van der Waals surface area contributed by atoms with Gasteiger partial charge in [-0.15, -0.1) is 0 Å². The molecule has 0 radical (unpaired) electrons. The number of H-pyrrole nitrogens is 1. The molecule has 0 saturated heterocycles. The predicted molar refractivity (Wildman–Crippen MR) is 154 cm³/mol. The largest absolute Gasteiger partial charge is 0.348 e. The number of urea groups is 1. The van der Waals surface area contributed by atoms with Gasteiger partial charge in [-0.25, -0.2) is 24.1 Å². The molecule has 0 atom stereocenters. The molecule has 1 saturated carbocycles. The average molecular weight is 528 g/mol. The van der Waals surface area contributed by atoms with Crippen molar-refractivity contribution in [1.82, 2.24) is 29.9 Å². The molecule has 4 aromatic heterocycles. The lowest BCUT2D eigenvalue weighted by Gasteiger charge is -2.43. The molecule has 196 valence electrons. The molecule has 9 heteroatoms. The third kappa shape index (κ3) is 4.08. The number of hydrogen-bond acceptors (Lipinski definition) is 5. The zero-order valence-corrected chi connectivity index (χ0v) is 21.5. The Morgan fingerprint density at radius 1 is 0.925 bits per heavy atom. The standard InChI is InChI=1S/C31H25N7O2/c39-29(33-23-8-4-17-32-19-23)35-31(15-5-16-31)22-11-9-21(10-12-22)28-24(20-6-2-1-3-7-20)18-26-25(34-28)13-14-27-36-37-30(40)38(26)27/h1-4,6-14,17-19H,5,15-16H2,(H,37,40)(H2,33,35,39). The molecular weight excluding hydrogens is 502 g/mol. The second-order valence-corrected chi connectivity index (χ2v) is 10.0. The van der Waals surface area contributed by atoms with Crippen LogP contribution in [0.1, 0.15) is 24.8 Å². The van der Waals surface area contributed by atoms with E-state index in [1.165, 1.54) is 0 Å². The third-order valence-corrected chi connectivity index (χ3v) is 7.64. The highest BCUT2D eigenvalue weighted by Gasteiger charge is 2.40. The number of hydrogen-bond donors (Lipinski definition) is 3. The van der Waals surface area contributed by atoms with Crippen LogP contribution in [-0.2, 0) is 5.54 Å². The fourth-order valence-corrected chi connectivity index (χ4v) is 5.46. The number of nitrogens with zero attached hydrogens (tertiary/aromatic N) is 4. The summed E-state index contributed by atoms with van der Waals surface area (Å²) in [6.45, 7) is 0. The van der Waals surface area contributed by atoms with Crippen molar-refractivity contribution in [3.8, 4) is 22.4 Å². The normalized spacial score (nSPS) is 14.1. The van der Waals surface area contributed by atoms with Crippen LogP contribution in [0.5, 0.6) is 0 Å². The highest BCUT2D eigenvalue weighted by atomic mass is 16.2. The van der Waals surface area contributed by atoms with E-state index in [2.05, 4.69) is 50.1 Å². The molecule has 1 fully saturated rings. The number of carbonyl (C=O) groups is 1. The summed E-state index contributed by atoms with van der Waals surface area (Å²) in [5.74, 6) is 0. The summed E-state index contributed by atoms with van der Waals surface area (Å²) in [5.41, 5.74) is 6.57. The molecule has 9 nitrogen and oxygen atoms in total. The third-order valence-electron chi connectivity index (χ3n) is 7.64. The Labute approximate surface area is 228 Å². The summed E-state index contributed by atoms with van der Waals surface area (Å²) >= 11 is 0. The Hall–Kier alpha value is -5.31. The molecule has 1 aliphatic rings. The molecule has 0 unspecified atom stereocenters. The minimum atomic E-state index is -0.419. The van der Waals surface area contributed by atoms with Crippen molar-refractivity contribution < 1.29 is 4.79 Å². The Morgan fingerprint density at radius 2 is 1.75 bits per heavy atom. The highest BCUT2D eigenvalue weighted by molar-refractivity contribution is 5.91. The van der Waals surface area contributed by atoms with Gasteiger partial charge in [-0.1, -0.05) is 54.6 Å². The van der Waals surface area contributed by atoms with E-state index in [9.17, 15) is 9.59 Å². The minimum Gasteiger partial charge on any atom is -0.328 e. The lowest BCUT2D eigenvalue weighted by Crippen LogP contribution is -2.52. The average Bonchev–Trinajstić information content (AvgIpc) is 3.36. The number of pyridine rings is 3. The van der Waals surface area contributed by atoms with E-state index >= 15 is 0 Å². The van der Waals surface area contributed by atoms with Crippen LogP contribution < -0.4 is 16.3 Å². The number of amides is 2. The van der Waals surface area contributed by atoms with Gasteiger partial charge in [0, 0.05) is 17.3 Å². The first kappa shape index (κ1) is 23.8. The monoisotopic (exact) mass is 527 g/mol.